The largest absolute Gasteiger partial charge is 0.352 e. The highest BCUT2D eigenvalue weighted by Gasteiger charge is 2.17. The van der Waals surface area contributed by atoms with Crippen molar-refractivity contribution in [3.8, 4) is 0 Å². The van der Waals surface area contributed by atoms with Gasteiger partial charge in [0.25, 0.3) is 5.91 Å². The van der Waals surface area contributed by atoms with Gasteiger partial charge >= 0.3 is 0 Å². The van der Waals surface area contributed by atoms with E-state index >= 15 is 0 Å². The zero-order valence-corrected chi connectivity index (χ0v) is 10.4. The molecule has 3 nitrogen and oxygen atoms in total. The molecule has 0 atom stereocenters. The van der Waals surface area contributed by atoms with Crippen molar-refractivity contribution in [3.05, 3.63) is 35.1 Å². The molecule has 1 aromatic rings. The van der Waals surface area contributed by atoms with E-state index in [-0.39, 0.29) is 24.1 Å². The summed E-state index contributed by atoms with van der Waals surface area (Å²) in [5, 5.41) is 5.94. The zero-order chi connectivity index (χ0) is 11.5. The monoisotopic (exact) mass is 258 g/mol. The number of hydrogen-bond donors (Lipinski definition) is 2. The topological polar surface area (TPSA) is 41.1 Å². The zero-order valence-electron chi connectivity index (χ0n) is 9.63. The summed E-state index contributed by atoms with van der Waals surface area (Å²) in [5.74, 6) is -0.0523. The molecule has 1 aromatic carbocycles. The molecule has 1 heterocycles. The molecule has 2 rings (SSSR count). The first-order valence-corrected chi connectivity index (χ1v) is 5.41. The fourth-order valence-corrected chi connectivity index (χ4v) is 1.70. The van der Waals surface area contributed by atoms with Crippen molar-refractivity contribution in [1.29, 1.82) is 0 Å². The Balaban J connectivity index is 0.00000144. The maximum Gasteiger partial charge on any atom is 0.251 e. The fourth-order valence-electron chi connectivity index (χ4n) is 1.70. The van der Waals surface area contributed by atoms with Crippen LogP contribution in [0, 0.1) is 18.7 Å². The van der Waals surface area contributed by atoms with Crippen LogP contribution in [0.3, 0.4) is 0 Å². The summed E-state index contributed by atoms with van der Waals surface area (Å²) in [5.41, 5.74) is 1.15. The molecule has 1 fully saturated rings. The van der Waals surface area contributed by atoms with Crippen molar-refractivity contribution in [3.63, 3.8) is 0 Å². The number of amides is 1. The van der Waals surface area contributed by atoms with E-state index < -0.39 is 0 Å². The minimum Gasteiger partial charge on any atom is -0.352 e. The van der Waals surface area contributed by atoms with Gasteiger partial charge in [0.2, 0.25) is 0 Å². The molecule has 1 aliphatic rings. The third kappa shape index (κ3) is 3.68. The molecule has 0 aromatic heterocycles. The Labute approximate surface area is 106 Å². The third-order valence-electron chi connectivity index (χ3n) is 2.72. The van der Waals surface area contributed by atoms with Crippen LogP contribution in [0.15, 0.2) is 18.2 Å². The molecule has 0 unspecified atom stereocenters. The third-order valence-corrected chi connectivity index (χ3v) is 2.72. The Hall–Kier alpha value is -1.13. The second-order valence-corrected chi connectivity index (χ2v) is 4.25. The number of hydrogen-bond acceptors (Lipinski definition) is 2. The normalized spacial score (nSPS) is 14.7. The van der Waals surface area contributed by atoms with Crippen molar-refractivity contribution in [1.82, 2.24) is 10.6 Å². The number of aryl methyl sites for hydroxylation is 1. The predicted molar refractivity (Wildman–Crippen MR) is 67.1 cm³/mol. The molecule has 5 heteroatoms. The molecule has 1 amide bonds. The summed E-state index contributed by atoms with van der Waals surface area (Å²) < 4.78 is 13.1. The van der Waals surface area contributed by atoms with Crippen LogP contribution in [-0.2, 0) is 0 Å². The van der Waals surface area contributed by atoms with Gasteiger partial charge in [0.15, 0.2) is 0 Å². The maximum atomic E-state index is 13.1. The van der Waals surface area contributed by atoms with Gasteiger partial charge in [-0.2, -0.15) is 0 Å². The fraction of sp³-hybridized carbons (Fsp3) is 0.417. The lowest BCUT2D eigenvalue weighted by atomic mass is 10.0. The molecule has 2 N–H and O–H groups in total. The van der Waals surface area contributed by atoms with E-state index in [1.54, 1.807) is 13.0 Å². The number of halogens is 2. The van der Waals surface area contributed by atoms with Crippen molar-refractivity contribution in [2.45, 2.75) is 6.92 Å². The van der Waals surface area contributed by atoms with Gasteiger partial charge in [-0.15, -0.1) is 12.4 Å². The Morgan fingerprint density at radius 3 is 2.71 bits per heavy atom. The number of carbonyl (C=O) groups excluding carboxylic acids is 1. The summed E-state index contributed by atoms with van der Waals surface area (Å²) in [6.45, 7) is 4.32. The van der Waals surface area contributed by atoms with Crippen molar-refractivity contribution >= 4 is 18.3 Å². The lowest BCUT2D eigenvalue weighted by Crippen LogP contribution is -2.48. The van der Waals surface area contributed by atoms with E-state index in [0.29, 0.717) is 18.0 Å². The van der Waals surface area contributed by atoms with Crippen molar-refractivity contribution in [2.24, 2.45) is 5.92 Å². The first-order valence-electron chi connectivity index (χ1n) is 5.41. The van der Waals surface area contributed by atoms with Crippen LogP contribution < -0.4 is 10.6 Å². The molecule has 17 heavy (non-hydrogen) atoms. The highest BCUT2D eigenvalue weighted by molar-refractivity contribution is 5.94. The first kappa shape index (κ1) is 13.9. The summed E-state index contributed by atoms with van der Waals surface area (Å²) >= 11 is 0. The summed E-state index contributed by atoms with van der Waals surface area (Å²) in [6.07, 6.45) is 0. The Morgan fingerprint density at radius 2 is 2.18 bits per heavy atom. The van der Waals surface area contributed by atoms with Gasteiger partial charge in [0.05, 0.1) is 0 Å². The lowest BCUT2D eigenvalue weighted by molar-refractivity contribution is 0.0941. The molecular weight excluding hydrogens is 243 g/mol. The van der Waals surface area contributed by atoms with Crippen molar-refractivity contribution in [2.75, 3.05) is 19.6 Å². The van der Waals surface area contributed by atoms with Gasteiger partial charge < -0.3 is 10.6 Å². The second-order valence-electron chi connectivity index (χ2n) is 4.25. The van der Waals surface area contributed by atoms with E-state index in [1.807, 2.05) is 0 Å². The van der Waals surface area contributed by atoms with Crippen LogP contribution in [0.4, 0.5) is 4.39 Å². The average Bonchev–Trinajstić information content (AvgIpc) is 2.13. The Kier molecular flexibility index (Phi) is 4.90. The molecular formula is C12H16ClFN2O. The van der Waals surface area contributed by atoms with Crippen LogP contribution in [0.5, 0.6) is 0 Å². The van der Waals surface area contributed by atoms with E-state index in [2.05, 4.69) is 10.6 Å². The number of carbonyl (C=O) groups is 1. The van der Waals surface area contributed by atoms with Gasteiger partial charge in [0, 0.05) is 31.1 Å². The second kappa shape index (κ2) is 5.98. The minimum absolute atomic E-state index is 0. The molecule has 1 saturated heterocycles. The molecule has 94 valence electrons. The lowest BCUT2D eigenvalue weighted by Gasteiger charge is -2.27. The maximum absolute atomic E-state index is 13.1. The number of nitrogens with one attached hydrogen (secondary N) is 2. The summed E-state index contributed by atoms with van der Waals surface area (Å²) in [6, 6.07) is 4.37. The highest BCUT2D eigenvalue weighted by Crippen LogP contribution is 2.08. The molecule has 0 spiro atoms. The van der Waals surface area contributed by atoms with E-state index in [0.717, 1.165) is 18.7 Å². The van der Waals surface area contributed by atoms with E-state index in [4.69, 9.17) is 0 Å². The predicted octanol–water partition coefficient (Wildman–Crippen LogP) is 1.51. The van der Waals surface area contributed by atoms with Gasteiger partial charge in [-0.3, -0.25) is 4.79 Å². The SMILES string of the molecule is Cc1cc(F)cc(C(=O)NCC2CNC2)c1.Cl. The molecule has 0 bridgehead atoms. The molecule has 0 aliphatic carbocycles. The summed E-state index contributed by atoms with van der Waals surface area (Å²) in [4.78, 5) is 11.7. The quantitative estimate of drug-likeness (QED) is 0.863. The average molecular weight is 259 g/mol. The van der Waals surface area contributed by atoms with Crippen molar-refractivity contribution < 1.29 is 9.18 Å². The van der Waals surface area contributed by atoms with Crippen LogP contribution in [0.25, 0.3) is 0 Å². The van der Waals surface area contributed by atoms with Crippen LogP contribution in [0.1, 0.15) is 15.9 Å². The van der Waals surface area contributed by atoms with E-state index in [1.165, 1.54) is 12.1 Å². The molecule has 1 aliphatic heterocycles. The number of rotatable bonds is 3. The molecule has 0 radical (unpaired) electrons. The highest BCUT2D eigenvalue weighted by atomic mass is 35.5. The molecule has 0 saturated carbocycles. The minimum atomic E-state index is -0.365. The van der Waals surface area contributed by atoms with Crippen LogP contribution >= 0.6 is 12.4 Å². The van der Waals surface area contributed by atoms with Gasteiger partial charge in [-0.1, -0.05) is 0 Å². The van der Waals surface area contributed by atoms with Crippen LogP contribution in [0.2, 0.25) is 0 Å². The first-order chi connectivity index (χ1) is 7.65. The standard InChI is InChI=1S/C12H15FN2O.ClH/c1-8-2-10(4-11(13)3-8)12(16)15-7-9-5-14-6-9;/h2-4,9,14H,5-7H2,1H3,(H,15,16);1H. The van der Waals surface area contributed by atoms with Gasteiger partial charge in [0.1, 0.15) is 5.82 Å². The number of benzene rings is 1. The Morgan fingerprint density at radius 1 is 1.47 bits per heavy atom. The van der Waals surface area contributed by atoms with Gasteiger partial charge in [-0.25, -0.2) is 4.39 Å². The van der Waals surface area contributed by atoms with Crippen LogP contribution in [-0.4, -0.2) is 25.5 Å². The Bertz CT molecular complexity index is 387. The van der Waals surface area contributed by atoms with Gasteiger partial charge in [-0.05, 0) is 30.7 Å². The summed E-state index contributed by atoms with van der Waals surface area (Å²) in [7, 11) is 0. The smallest absolute Gasteiger partial charge is 0.251 e. The van der Waals surface area contributed by atoms with E-state index in [9.17, 15) is 9.18 Å².